The fourth-order valence-electron chi connectivity index (χ4n) is 3.81. The van der Waals surface area contributed by atoms with Gasteiger partial charge < -0.3 is 35.5 Å². The number of phosphoric acid groups is 1. The Morgan fingerprint density at radius 1 is 0.707 bits per heavy atom. The molecule has 0 aliphatic heterocycles. The summed E-state index contributed by atoms with van der Waals surface area (Å²) in [6.07, 6.45) is 16.9. The molecule has 0 bridgehead atoms. The number of carboxylic acid groups (broad SMARTS) is 3. The van der Waals surface area contributed by atoms with Crippen LogP contribution >= 0.6 is 7.82 Å². The van der Waals surface area contributed by atoms with Gasteiger partial charge in [-0.2, -0.15) is 0 Å². The molecule has 0 rings (SSSR count). The highest BCUT2D eigenvalue weighted by Gasteiger charge is 2.40. The number of carbonyl (C=O) groups is 3. The van der Waals surface area contributed by atoms with E-state index < -0.39 is 63.5 Å². The van der Waals surface area contributed by atoms with E-state index in [0.717, 1.165) is 12.8 Å². The summed E-state index contributed by atoms with van der Waals surface area (Å²) in [6, 6.07) is 0. The molecule has 0 aromatic heterocycles. The van der Waals surface area contributed by atoms with Crippen molar-refractivity contribution >= 4 is 25.7 Å². The molecule has 0 aromatic rings. The average molecular weight is 617 g/mol. The molecule has 2 atom stereocenters. The Labute approximate surface area is 243 Å². The van der Waals surface area contributed by atoms with Crippen molar-refractivity contribution in [3.8, 4) is 0 Å². The van der Waals surface area contributed by atoms with Gasteiger partial charge >= 0.3 is 25.7 Å². The number of aliphatic hydroxyl groups is 3. The quantitative estimate of drug-likeness (QED) is 0.0499. The molecule has 41 heavy (non-hydrogen) atoms. The lowest BCUT2D eigenvalue weighted by atomic mass is 9.96. The van der Waals surface area contributed by atoms with E-state index in [9.17, 15) is 23.8 Å². The minimum absolute atomic E-state index is 0.168. The summed E-state index contributed by atoms with van der Waals surface area (Å²) in [7, 11) is -4.12. The predicted octanol–water partition coefficient (Wildman–Crippen LogP) is 4.49. The highest BCUT2D eigenvalue weighted by molar-refractivity contribution is 7.47. The number of phosphoric ester groups is 1. The maximum atomic E-state index is 11.5. The van der Waals surface area contributed by atoms with Crippen LogP contribution in [0, 0.1) is 0 Å². The SMILES string of the molecule is CCCCCCCCCCCCCCCCCCOP(=O)(O)OCC(O)CO.O=C(O)CC(O)(CC(=O)O)C(=O)O. The first-order valence-corrected chi connectivity index (χ1v) is 16.1. The van der Waals surface area contributed by atoms with Gasteiger partial charge in [0.1, 0.15) is 6.10 Å². The van der Waals surface area contributed by atoms with Crippen LogP contribution in [0.4, 0.5) is 0 Å². The maximum Gasteiger partial charge on any atom is 0.472 e. The maximum absolute atomic E-state index is 11.5. The lowest BCUT2D eigenvalue weighted by Crippen LogP contribution is -2.42. The van der Waals surface area contributed by atoms with E-state index in [1.54, 1.807) is 0 Å². The Bertz CT molecular complexity index is 716. The molecule has 13 nitrogen and oxygen atoms in total. The molecular formula is C27H53O13P. The van der Waals surface area contributed by atoms with Crippen LogP contribution in [0.15, 0.2) is 0 Å². The van der Waals surface area contributed by atoms with Crippen LogP contribution in [-0.2, 0) is 28.0 Å². The van der Waals surface area contributed by atoms with Crippen LogP contribution in [0.3, 0.4) is 0 Å². The van der Waals surface area contributed by atoms with Gasteiger partial charge in [-0.25, -0.2) is 9.36 Å². The summed E-state index contributed by atoms with van der Waals surface area (Å²) < 4.78 is 20.9. The zero-order chi connectivity index (χ0) is 31.6. The van der Waals surface area contributed by atoms with Crippen molar-refractivity contribution in [2.45, 2.75) is 134 Å². The summed E-state index contributed by atoms with van der Waals surface area (Å²) in [5.41, 5.74) is -2.74. The number of aliphatic hydroxyl groups excluding tert-OH is 2. The fourth-order valence-corrected chi connectivity index (χ4v) is 4.61. The van der Waals surface area contributed by atoms with Crippen LogP contribution in [0.25, 0.3) is 0 Å². The van der Waals surface area contributed by atoms with E-state index in [-0.39, 0.29) is 6.61 Å². The molecule has 0 spiro atoms. The zero-order valence-corrected chi connectivity index (χ0v) is 25.3. The smallest absolute Gasteiger partial charge is 0.472 e. The number of hydrogen-bond acceptors (Lipinski definition) is 9. The molecule has 0 radical (unpaired) electrons. The van der Waals surface area contributed by atoms with Crippen molar-refractivity contribution in [3.05, 3.63) is 0 Å². The minimum atomic E-state index is -4.12. The summed E-state index contributed by atoms with van der Waals surface area (Å²) >= 11 is 0. The van der Waals surface area contributed by atoms with Crippen molar-refractivity contribution in [2.75, 3.05) is 19.8 Å². The van der Waals surface area contributed by atoms with Gasteiger partial charge in [0.2, 0.25) is 0 Å². The molecule has 0 aromatic carbocycles. The topological polar surface area (TPSA) is 228 Å². The second-order valence-corrected chi connectivity index (χ2v) is 11.7. The number of rotatable bonds is 27. The van der Waals surface area contributed by atoms with Gasteiger partial charge in [-0.1, -0.05) is 103 Å². The zero-order valence-electron chi connectivity index (χ0n) is 24.5. The summed E-state index contributed by atoms with van der Waals surface area (Å²) in [5.74, 6) is -5.02. The molecule has 0 saturated carbocycles. The molecule has 0 aliphatic rings. The standard InChI is InChI=1S/C21H45O6P.C6H8O7/c1-2-3-4-5-6-7-8-9-10-11-12-13-14-15-16-17-18-26-28(24,25)27-20-21(23)19-22;7-3(8)1-6(13,5(11)12)2-4(9)10/h21-23H,2-20H2,1H3,(H,24,25);13H,1-2H2,(H,7,8)(H,9,10)(H,11,12). The third-order valence-electron chi connectivity index (χ3n) is 6.18. The number of carboxylic acids is 3. The normalized spacial score (nSPS) is 13.6. The fraction of sp³-hybridized carbons (Fsp3) is 0.889. The molecule has 0 saturated heterocycles. The first-order valence-electron chi connectivity index (χ1n) is 14.6. The van der Waals surface area contributed by atoms with E-state index in [2.05, 4.69) is 11.4 Å². The van der Waals surface area contributed by atoms with Crippen molar-refractivity contribution < 1.29 is 63.5 Å². The van der Waals surface area contributed by atoms with Gasteiger partial charge in [0.25, 0.3) is 0 Å². The Morgan fingerprint density at radius 2 is 1.07 bits per heavy atom. The minimum Gasteiger partial charge on any atom is -0.481 e. The van der Waals surface area contributed by atoms with Crippen molar-refractivity contribution in [1.82, 2.24) is 0 Å². The van der Waals surface area contributed by atoms with Gasteiger partial charge in [-0.05, 0) is 6.42 Å². The Morgan fingerprint density at radius 3 is 1.39 bits per heavy atom. The third-order valence-corrected chi connectivity index (χ3v) is 7.16. The Balaban J connectivity index is 0. The summed E-state index contributed by atoms with van der Waals surface area (Å²) in [5, 5.41) is 51.5. The molecular weight excluding hydrogens is 563 g/mol. The van der Waals surface area contributed by atoms with Crippen molar-refractivity contribution in [2.24, 2.45) is 0 Å². The molecule has 244 valence electrons. The van der Waals surface area contributed by atoms with E-state index in [1.807, 2.05) is 0 Å². The largest absolute Gasteiger partial charge is 0.481 e. The van der Waals surface area contributed by atoms with Crippen molar-refractivity contribution in [3.63, 3.8) is 0 Å². The van der Waals surface area contributed by atoms with Gasteiger partial charge in [-0.3, -0.25) is 18.6 Å². The molecule has 14 heteroatoms. The van der Waals surface area contributed by atoms with Crippen LogP contribution < -0.4 is 0 Å². The summed E-state index contributed by atoms with van der Waals surface area (Å²) in [6.45, 7) is 1.50. The van der Waals surface area contributed by atoms with Crippen LogP contribution in [-0.4, -0.2) is 85.0 Å². The van der Waals surface area contributed by atoms with E-state index >= 15 is 0 Å². The number of aliphatic carboxylic acids is 3. The van der Waals surface area contributed by atoms with Crippen LogP contribution in [0.1, 0.15) is 122 Å². The van der Waals surface area contributed by atoms with Crippen LogP contribution in [0.2, 0.25) is 0 Å². The van der Waals surface area contributed by atoms with Gasteiger partial charge in [0.05, 0.1) is 32.7 Å². The van der Waals surface area contributed by atoms with Gasteiger partial charge in [-0.15, -0.1) is 0 Å². The lowest BCUT2D eigenvalue weighted by Gasteiger charge is -2.18. The summed E-state index contributed by atoms with van der Waals surface area (Å²) in [4.78, 5) is 39.9. The number of hydrogen-bond donors (Lipinski definition) is 7. The molecule has 0 heterocycles. The molecule has 7 N–H and O–H groups in total. The highest BCUT2D eigenvalue weighted by atomic mass is 31.2. The van der Waals surface area contributed by atoms with E-state index in [0.29, 0.717) is 6.42 Å². The molecule has 2 unspecified atom stereocenters. The van der Waals surface area contributed by atoms with Gasteiger partial charge in [0, 0.05) is 0 Å². The molecule has 0 aliphatic carbocycles. The second-order valence-electron chi connectivity index (χ2n) is 10.2. The lowest BCUT2D eigenvalue weighted by molar-refractivity contribution is -0.170. The van der Waals surface area contributed by atoms with Crippen molar-refractivity contribution in [1.29, 1.82) is 0 Å². The van der Waals surface area contributed by atoms with E-state index in [4.69, 9.17) is 35.2 Å². The van der Waals surface area contributed by atoms with Gasteiger partial charge in [0.15, 0.2) is 5.60 Å². The number of unbranched alkanes of at least 4 members (excludes halogenated alkanes) is 15. The second kappa shape index (κ2) is 26.1. The highest BCUT2D eigenvalue weighted by Crippen LogP contribution is 2.43. The third kappa shape index (κ3) is 28.3. The monoisotopic (exact) mass is 616 g/mol. The van der Waals surface area contributed by atoms with Crippen LogP contribution in [0.5, 0.6) is 0 Å². The first kappa shape index (κ1) is 41.5. The Hall–Kier alpha value is -1.60. The Kier molecular flexibility index (Phi) is 26.4. The first-order chi connectivity index (χ1) is 19.3. The van der Waals surface area contributed by atoms with E-state index in [1.165, 1.54) is 83.5 Å². The molecule has 0 fully saturated rings. The predicted molar refractivity (Wildman–Crippen MR) is 151 cm³/mol. The molecule has 0 amide bonds. The average Bonchev–Trinajstić information content (AvgIpc) is 2.88.